The largest absolute Gasteiger partial charge is 0.384 e. The summed E-state index contributed by atoms with van der Waals surface area (Å²) < 4.78 is 3.12. The minimum atomic E-state index is -0.185. The molecule has 30 heavy (non-hydrogen) atoms. The van der Waals surface area contributed by atoms with Gasteiger partial charge in [-0.25, -0.2) is 14.6 Å². The van der Waals surface area contributed by atoms with Gasteiger partial charge in [-0.05, 0) is 30.7 Å². The lowest BCUT2D eigenvalue weighted by Gasteiger charge is -2.18. The van der Waals surface area contributed by atoms with Crippen molar-refractivity contribution in [3.63, 3.8) is 0 Å². The van der Waals surface area contributed by atoms with Gasteiger partial charge in [0, 0.05) is 37.8 Å². The first-order chi connectivity index (χ1) is 14.4. The van der Waals surface area contributed by atoms with E-state index in [2.05, 4.69) is 15.2 Å². The van der Waals surface area contributed by atoms with Crippen LogP contribution in [0, 0.1) is 6.92 Å². The molecule has 0 aliphatic heterocycles. The number of aromatic nitrogens is 6. The fourth-order valence-electron chi connectivity index (χ4n) is 3.18. The molecule has 0 radical (unpaired) electrons. The normalized spacial score (nSPS) is 11.0. The van der Waals surface area contributed by atoms with Crippen molar-refractivity contribution in [2.75, 3.05) is 17.7 Å². The molecule has 0 spiro atoms. The molecule has 0 aliphatic rings. The van der Waals surface area contributed by atoms with Gasteiger partial charge in [0.1, 0.15) is 22.3 Å². The summed E-state index contributed by atoms with van der Waals surface area (Å²) in [6.45, 7) is 2.18. The SMILES string of the molecule is Cc1cnn(Cc2ccn(C)n2)c(=O)c1N(C)c1csc(Cc2cccc(N)n2)n1. The highest BCUT2D eigenvalue weighted by molar-refractivity contribution is 7.10. The number of nitrogen functional groups attached to an aromatic ring is 1. The first kappa shape index (κ1) is 19.8. The van der Waals surface area contributed by atoms with E-state index < -0.39 is 0 Å². The summed E-state index contributed by atoms with van der Waals surface area (Å²) in [7, 11) is 3.68. The van der Waals surface area contributed by atoms with Crippen LogP contribution in [0.15, 0.2) is 46.8 Å². The maximum atomic E-state index is 13.1. The number of anilines is 3. The van der Waals surface area contributed by atoms with Crippen LogP contribution >= 0.6 is 11.3 Å². The molecular weight excluding hydrogens is 400 g/mol. The van der Waals surface area contributed by atoms with E-state index in [0.29, 0.717) is 30.3 Å². The monoisotopic (exact) mass is 422 g/mol. The van der Waals surface area contributed by atoms with Crippen molar-refractivity contribution in [1.29, 1.82) is 0 Å². The number of nitrogens with two attached hydrogens (primary N) is 1. The number of hydrogen-bond donors (Lipinski definition) is 1. The molecule has 0 atom stereocenters. The summed E-state index contributed by atoms with van der Waals surface area (Å²) in [6, 6.07) is 7.42. The summed E-state index contributed by atoms with van der Waals surface area (Å²) in [5.41, 5.74) is 8.53. The molecular formula is C20H22N8OS. The molecule has 0 aliphatic carbocycles. The van der Waals surface area contributed by atoms with Crippen LogP contribution in [-0.4, -0.2) is 36.6 Å². The van der Waals surface area contributed by atoms with Gasteiger partial charge in [0.25, 0.3) is 5.56 Å². The van der Waals surface area contributed by atoms with Gasteiger partial charge in [0.2, 0.25) is 0 Å². The second kappa shape index (κ2) is 8.07. The standard InChI is InChI=1S/C20H22N8OS/c1-13-10-22-28(11-15-7-8-26(2)25-15)20(29)19(13)27(3)17-12-30-18(24-17)9-14-5-4-6-16(21)23-14/h4-8,10,12H,9,11H2,1-3H3,(H2,21,23). The molecule has 4 aromatic rings. The van der Waals surface area contributed by atoms with Gasteiger partial charge in [-0.15, -0.1) is 11.3 Å². The molecule has 4 aromatic heterocycles. The van der Waals surface area contributed by atoms with Crippen LogP contribution < -0.4 is 16.2 Å². The average molecular weight is 423 g/mol. The van der Waals surface area contributed by atoms with Gasteiger partial charge in [-0.1, -0.05) is 6.07 Å². The van der Waals surface area contributed by atoms with E-state index in [1.165, 1.54) is 16.0 Å². The summed E-state index contributed by atoms with van der Waals surface area (Å²) in [5.74, 6) is 1.19. The fraction of sp³-hybridized carbons (Fsp3) is 0.250. The molecule has 0 aromatic carbocycles. The summed E-state index contributed by atoms with van der Waals surface area (Å²) in [5, 5.41) is 11.4. The van der Waals surface area contributed by atoms with Crippen LogP contribution in [0.1, 0.15) is 22.0 Å². The zero-order valence-electron chi connectivity index (χ0n) is 17.0. The third kappa shape index (κ3) is 4.08. The van der Waals surface area contributed by atoms with Crippen LogP contribution in [0.4, 0.5) is 17.3 Å². The van der Waals surface area contributed by atoms with Crippen LogP contribution in [0.5, 0.6) is 0 Å². The Balaban J connectivity index is 1.60. The van der Waals surface area contributed by atoms with Gasteiger partial charge >= 0.3 is 0 Å². The van der Waals surface area contributed by atoms with Crippen molar-refractivity contribution in [2.45, 2.75) is 19.9 Å². The number of nitrogens with zero attached hydrogens (tertiary/aromatic N) is 7. The topological polar surface area (TPSA) is 108 Å². The number of rotatable bonds is 6. The lowest BCUT2D eigenvalue weighted by atomic mass is 10.2. The molecule has 4 heterocycles. The summed E-state index contributed by atoms with van der Waals surface area (Å²) >= 11 is 1.52. The van der Waals surface area contributed by atoms with Crippen molar-refractivity contribution >= 4 is 28.7 Å². The first-order valence-electron chi connectivity index (χ1n) is 9.35. The highest BCUT2D eigenvalue weighted by atomic mass is 32.1. The van der Waals surface area contributed by atoms with Gasteiger partial charge in [0.05, 0.1) is 18.4 Å². The molecule has 0 bridgehead atoms. The zero-order valence-corrected chi connectivity index (χ0v) is 17.8. The van der Waals surface area contributed by atoms with Gasteiger partial charge in [-0.2, -0.15) is 10.2 Å². The number of pyridine rings is 1. The highest BCUT2D eigenvalue weighted by Crippen LogP contribution is 2.26. The minimum Gasteiger partial charge on any atom is -0.384 e. The Kier molecular flexibility index (Phi) is 5.32. The Morgan fingerprint density at radius 2 is 2.03 bits per heavy atom. The Labute approximate surface area is 177 Å². The summed E-state index contributed by atoms with van der Waals surface area (Å²) in [6.07, 6.45) is 4.12. The van der Waals surface area contributed by atoms with Gasteiger partial charge < -0.3 is 10.6 Å². The van der Waals surface area contributed by atoms with E-state index in [-0.39, 0.29) is 5.56 Å². The number of thiazole rings is 1. The van der Waals surface area contributed by atoms with Crippen molar-refractivity contribution in [3.05, 3.63) is 74.4 Å². The molecule has 0 saturated carbocycles. The quantitative estimate of drug-likeness (QED) is 0.507. The van der Waals surface area contributed by atoms with Crippen molar-refractivity contribution in [2.24, 2.45) is 7.05 Å². The van der Waals surface area contributed by atoms with E-state index in [9.17, 15) is 4.79 Å². The van der Waals surface area contributed by atoms with Gasteiger partial charge in [-0.3, -0.25) is 9.48 Å². The van der Waals surface area contributed by atoms with Crippen LogP contribution in [0.25, 0.3) is 0 Å². The molecule has 0 unspecified atom stereocenters. The Bertz CT molecular complexity index is 1240. The molecule has 4 rings (SSSR count). The van der Waals surface area contributed by atoms with E-state index >= 15 is 0 Å². The van der Waals surface area contributed by atoms with Crippen molar-refractivity contribution in [1.82, 2.24) is 29.5 Å². The average Bonchev–Trinajstić information content (AvgIpc) is 3.33. The van der Waals surface area contributed by atoms with E-state index in [4.69, 9.17) is 10.7 Å². The lowest BCUT2D eigenvalue weighted by molar-refractivity contribution is 0.612. The van der Waals surface area contributed by atoms with E-state index in [1.807, 2.05) is 50.8 Å². The third-order valence-electron chi connectivity index (χ3n) is 4.66. The number of aryl methyl sites for hydroxylation is 2. The van der Waals surface area contributed by atoms with Gasteiger partial charge in [0.15, 0.2) is 0 Å². The second-order valence-corrected chi connectivity index (χ2v) is 7.95. The number of hydrogen-bond acceptors (Lipinski definition) is 8. The van der Waals surface area contributed by atoms with Crippen LogP contribution in [0.2, 0.25) is 0 Å². The van der Waals surface area contributed by atoms with E-state index in [0.717, 1.165) is 22.0 Å². The minimum absolute atomic E-state index is 0.185. The van der Waals surface area contributed by atoms with Crippen LogP contribution in [-0.2, 0) is 20.0 Å². The Morgan fingerprint density at radius 1 is 1.20 bits per heavy atom. The summed E-state index contributed by atoms with van der Waals surface area (Å²) in [4.78, 5) is 23.9. The molecule has 10 heteroatoms. The highest BCUT2D eigenvalue weighted by Gasteiger charge is 2.17. The predicted molar refractivity (Wildman–Crippen MR) is 117 cm³/mol. The molecule has 0 fully saturated rings. The molecule has 154 valence electrons. The first-order valence-corrected chi connectivity index (χ1v) is 10.2. The Morgan fingerprint density at radius 3 is 2.77 bits per heavy atom. The molecule has 2 N–H and O–H groups in total. The third-order valence-corrected chi connectivity index (χ3v) is 5.50. The Hall–Kier alpha value is -3.53. The van der Waals surface area contributed by atoms with Crippen molar-refractivity contribution in [3.8, 4) is 0 Å². The second-order valence-electron chi connectivity index (χ2n) is 7.01. The molecule has 0 saturated heterocycles. The lowest BCUT2D eigenvalue weighted by Crippen LogP contribution is -2.30. The maximum Gasteiger partial charge on any atom is 0.291 e. The van der Waals surface area contributed by atoms with Crippen LogP contribution in [0.3, 0.4) is 0 Å². The smallest absolute Gasteiger partial charge is 0.291 e. The maximum absolute atomic E-state index is 13.1. The predicted octanol–water partition coefficient (Wildman–Crippen LogP) is 2.13. The molecule has 0 amide bonds. The fourth-order valence-corrected chi connectivity index (χ4v) is 4.01. The molecule has 9 nitrogen and oxygen atoms in total. The zero-order chi connectivity index (χ0) is 21.3. The van der Waals surface area contributed by atoms with E-state index in [1.54, 1.807) is 21.8 Å². The van der Waals surface area contributed by atoms with Crippen molar-refractivity contribution < 1.29 is 0 Å².